The predicted molar refractivity (Wildman–Crippen MR) is 55.6 cm³/mol. The third-order valence-electron chi connectivity index (χ3n) is 1.80. The summed E-state index contributed by atoms with van der Waals surface area (Å²) in [7, 11) is 0. The van der Waals surface area contributed by atoms with Crippen molar-refractivity contribution in [2.24, 2.45) is 0 Å². The van der Waals surface area contributed by atoms with Gasteiger partial charge in [-0.2, -0.15) is 13.2 Å². The molecule has 0 saturated carbocycles. The van der Waals surface area contributed by atoms with Gasteiger partial charge in [0.25, 0.3) is 0 Å². The largest absolute Gasteiger partial charge is 0.405 e. The van der Waals surface area contributed by atoms with E-state index in [0.717, 1.165) is 4.90 Å². The fraction of sp³-hybridized carbons (Fsp3) is 0.556. The molecular formula is C9H11ClF3N3. The highest BCUT2D eigenvalue weighted by Gasteiger charge is 2.31. The first-order valence-corrected chi connectivity index (χ1v) is 5.10. The second-order valence-corrected chi connectivity index (χ2v) is 3.57. The quantitative estimate of drug-likeness (QED) is 0.826. The summed E-state index contributed by atoms with van der Waals surface area (Å²) in [5, 5.41) is -0.0137. The monoisotopic (exact) mass is 253 g/mol. The predicted octanol–water partition coefficient (Wildman–Crippen LogP) is 2.91. The van der Waals surface area contributed by atoms with Crippen LogP contribution in [0.15, 0.2) is 12.4 Å². The van der Waals surface area contributed by atoms with Crippen molar-refractivity contribution >= 4 is 17.4 Å². The lowest BCUT2D eigenvalue weighted by molar-refractivity contribution is -0.119. The lowest BCUT2D eigenvalue weighted by Gasteiger charge is -2.24. The maximum absolute atomic E-state index is 12.3. The van der Waals surface area contributed by atoms with Crippen molar-refractivity contribution in [3.05, 3.63) is 17.5 Å². The second kappa shape index (κ2) is 5.34. The van der Waals surface area contributed by atoms with Crippen molar-refractivity contribution in [1.29, 1.82) is 0 Å². The van der Waals surface area contributed by atoms with E-state index in [0.29, 0.717) is 6.42 Å². The molecule has 0 bridgehead atoms. The van der Waals surface area contributed by atoms with Crippen molar-refractivity contribution in [1.82, 2.24) is 9.97 Å². The van der Waals surface area contributed by atoms with Gasteiger partial charge < -0.3 is 4.90 Å². The number of hydrogen-bond donors (Lipinski definition) is 0. The summed E-state index contributed by atoms with van der Waals surface area (Å²) in [5.74, 6) is 0.0725. The number of aromatic nitrogens is 2. The van der Waals surface area contributed by atoms with Crippen LogP contribution < -0.4 is 4.90 Å². The van der Waals surface area contributed by atoms with E-state index < -0.39 is 12.7 Å². The van der Waals surface area contributed by atoms with Crippen LogP contribution in [0.2, 0.25) is 5.15 Å². The van der Waals surface area contributed by atoms with Crippen LogP contribution in [0.25, 0.3) is 0 Å². The lowest BCUT2D eigenvalue weighted by atomic mass is 10.4. The van der Waals surface area contributed by atoms with Crippen molar-refractivity contribution in [2.75, 3.05) is 18.0 Å². The summed E-state index contributed by atoms with van der Waals surface area (Å²) in [6.07, 6.45) is -1.05. The SMILES string of the molecule is CCCN(CC(F)(F)F)c1nccnc1Cl. The zero-order chi connectivity index (χ0) is 12.2. The average molecular weight is 254 g/mol. The Kier molecular flexibility index (Phi) is 4.35. The van der Waals surface area contributed by atoms with E-state index in [2.05, 4.69) is 9.97 Å². The Balaban J connectivity index is 2.89. The van der Waals surface area contributed by atoms with E-state index in [-0.39, 0.29) is 17.5 Å². The zero-order valence-electron chi connectivity index (χ0n) is 8.63. The molecule has 1 aromatic heterocycles. The highest BCUT2D eigenvalue weighted by molar-refractivity contribution is 6.31. The summed E-state index contributed by atoms with van der Waals surface area (Å²) >= 11 is 5.70. The Bertz CT molecular complexity index is 343. The zero-order valence-corrected chi connectivity index (χ0v) is 9.39. The molecule has 7 heteroatoms. The molecule has 0 aliphatic rings. The normalized spacial score (nSPS) is 11.6. The summed E-state index contributed by atoms with van der Waals surface area (Å²) in [4.78, 5) is 8.60. The van der Waals surface area contributed by atoms with Gasteiger partial charge in [-0.15, -0.1) is 0 Å². The minimum Gasteiger partial charge on any atom is -0.345 e. The van der Waals surface area contributed by atoms with Gasteiger partial charge in [-0.1, -0.05) is 18.5 Å². The Morgan fingerprint density at radius 2 is 1.94 bits per heavy atom. The van der Waals surface area contributed by atoms with Gasteiger partial charge in [-0.05, 0) is 6.42 Å². The Hall–Kier alpha value is -1.04. The molecule has 1 heterocycles. The van der Waals surface area contributed by atoms with Gasteiger partial charge in [0.15, 0.2) is 11.0 Å². The summed E-state index contributed by atoms with van der Waals surface area (Å²) < 4.78 is 36.9. The van der Waals surface area contributed by atoms with Crippen LogP contribution in [0.5, 0.6) is 0 Å². The van der Waals surface area contributed by atoms with Crippen LogP contribution in [0.1, 0.15) is 13.3 Å². The van der Waals surface area contributed by atoms with Crippen LogP contribution in [0.3, 0.4) is 0 Å². The average Bonchev–Trinajstić information content (AvgIpc) is 2.16. The van der Waals surface area contributed by atoms with Gasteiger partial charge in [-0.25, -0.2) is 9.97 Å². The van der Waals surface area contributed by atoms with Crippen LogP contribution in [0.4, 0.5) is 19.0 Å². The molecule has 1 aromatic rings. The van der Waals surface area contributed by atoms with Crippen LogP contribution >= 0.6 is 11.6 Å². The Morgan fingerprint density at radius 3 is 2.44 bits per heavy atom. The second-order valence-electron chi connectivity index (χ2n) is 3.21. The smallest absolute Gasteiger partial charge is 0.345 e. The number of nitrogens with zero attached hydrogens (tertiary/aromatic N) is 3. The summed E-state index contributed by atoms with van der Waals surface area (Å²) in [5.41, 5.74) is 0. The highest BCUT2D eigenvalue weighted by atomic mass is 35.5. The number of halogens is 4. The molecule has 0 unspecified atom stereocenters. The highest BCUT2D eigenvalue weighted by Crippen LogP contribution is 2.24. The molecule has 0 N–H and O–H groups in total. The van der Waals surface area contributed by atoms with E-state index in [1.807, 2.05) is 0 Å². The third kappa shape index (κ3) is 3.84. The number of anilines is 1. The van der Waals surface area contributed by atoms with Gasteiger partial charge in [-0.3, -0.25) is 0 Å². The topological polar surface area (TPSA) is 29.0 Å². The Morgan fingerprint density at radius 1 is 1.31 bits per heavy atom. The van der Waals surface area contributed by atoms with E-state index >= 15 is 0 Å². The van der Waals surface area contributed by atoms with Crippen molar-refractivity contribution < 1.29 is 13.2 Å². The van der Waals surface area contributed by atoms with E-state index in [4.69, 9.17) is 11.6 Å². The number of rotatable bonds is 4. The molecule has 90 valence electrons. The molecular weight excluding hydrogens is 243 g/mol. The molecule has 0 amide bonds. The molecule has 0 aliphatic heterocycles. The van der Waals surface area contributed by atoms with Crippen molar-refractivity contribution in [2.45, 2.75) is 19.5 Å². The van der Waals surface area contributed by atoms with Crippen LogP contribution in [-0.2, 0) is 0 Å². The molecule has 1 rings (SSSR count). The standard InChI is InChI=1S/C9H11ClF3N3/c1-2-5-16(6-9(11,12)13)8-7(10)14-3-4-15-8/h3-4H,2,5-6H2,1H3. The van der Waals surface area contributed by atoms with E-state index in [1.54, 1.807) is 6.92 Å². The minimum atomic E-state index is -4.28. The molecule has 0 fully saturated rings. The molecule has 0 aliphatic carbocycles. The van der Waals surface area contributed by atoms with Gasteiger partial charge in [0.1, 0.15) is 6.54 Å². The van der Waals surface area contributed by atoms with Gasteiger partial charge >= 0.3 is 6.18 Å². The van der Waals surface area contributed by atoms with Crippen molar-refractivity contribution in [3.63, 3.8) is 0 Å². The maximum Gasteiger partial charge on any atom is 0.405 e. The van der Waals surface area contributed by atoms with Crippen LogP contribution in [-0.4, -0.2) is 29.2 Å². The number of alkyl halides is 3. The van der Waals surface area contributed by atoms with Crippen LogP contribution in [0, 0.1) is 0 Å². The fourth-order valence-electron chi connectivity index (χ4n) is 1.27. The third-order valence-corrected chi connectivity index (χ3v) is 2.07. The molecule has 0 spiro atoms. The fourth-order valence-corrected chi connectivity index (χ4v) is 1.50. The van der Waals surface area contributed by atoms with Crippen molar-refractivity contribution in [3.8, 4) is 0 Å². The first-order valence-electron chi connectivity index (χ1n) is 4.72. The summed E-state index contributed by atoms with van der Waals surface area (Å²) in [6, 6.07) is 0. The van der Waals surface area contributed by atoms with E-state index in [9.17, 15) is 13.2 Å². The van der Waals surface area contributed by atoms with Gasteiger partial charge in [0, 0.05) is 18.9 Å². The van der Waals surface area contributed by atoms with E-state index in [1.165, 1.54) is 12.4 Å². The van der Waals surface area contributed by atoms with Gasteiger partial charge in [0.05, 0.1) is 0 Å². The first-order chi connectivity index (χ1) is 7.44. The maximum atomic E-state index is 12.3. The lowest BCUT2D eigenvalue weighted by Crippen LogP contribution is -2.35. The minimum absolute atomic E-state index is 0.0137. The molecule has 0 atom stereocenters. The van der Waals surface area contributed by atoms with Gasteiger partial charge in [0.2, 0.25) is 0 Å². The Labute approximate surface area is 96.3 Å². The molecule has 3 nitrogen and oxygen atoms in total. The summed E-state index contributed by atoms with van der Waals surface area (Å²) in [6.45, 7) is 0.949. The first kappa shape index (κ1) is 13.0. The molecule has 0 saturated heterocycles. The molecule has 0 aromatic carbocycles. The number of hydrogen-bond acceptors (Lipinski definition) is 3. The molecule has 16 heavy (non-hydrogen) atoms. The molecule has 0 radical (unpaired) electrons.